The summed E-state index contributed by atoms with van der Waals surface area (Å²) in [6.07, 6.45) is 4.20. The second kappa shape index (κ2) is 6.87. The molecule has 0 spiro atoms. The van der Waals surface area contributed by atoms with E-state index in [1.807, 2.05) is 18.2 Å². The summed E-state index contributed by atoms with van der Waals surface area (Å²) in [4.78, 5) is 9.63. The molecule has 2 aliphatic heterocycles. The third-order valence-electron chi connectivity index (χ3n) is 5.39. The van der Waals surface area contributed by atoms with Crippen LogP contribution in [0, 0.1) is 0 Å². The summed E-state index contributed by atoms with van der Waals surface area (Å²) in [6, 6.07) is 10.7. The number of anilines is 1. The van der Waals surface area contributed by atoms with Crippen molar-refractivity contribution in [2.75, 3.05) is 31.1 Å². The van der Waals surface area contributed by atoms with Crippen molar-refractivity contribution in [2.45, 2.75) is 37.8 Å². The first-order valence-corrected chi connectivity index (χ1v) is 9.31. The van der Waals surface area contributed by atoms with Gasteiger partial charge in [-0.1, -0.05) is 23.7 Å². The number of hydrogen-bond donors (Lipinski definition) is 1. The van der Waals surface area contributed by atoms with Crippen LogP contribution < -0.4 is 4.90 Å². The van der Waals surface area contributed by atoms with Gasteiger partial charge in [0.2, 0.25) is 0 Å². The van der Waals surface area contributed by atoms with Crippen LogP contribution in [0.4, 0.5) is 5.82 Å². The number of aliphatic hydroxyl groups excluding tert-OH is 1. The van der Waals surface area contributed by atoms with E-state index in [2.05, 4.69) is 21.9 Å². The van der Waals surface area contributed by atoms with Crippen molar-refractivity contribution >= 4 is 28.3 Å². The number of hydrogen-bond acceptors (Lipinski definition) is 4. The number of β-amino-alcohol motifs (C(OH)–C–C–N with tert-alkyl or cyclic N) is 1. The molecule has 5 heteroatoms. The number of aromatic nitrogens is 1. The SMILES string of the molecule is O[C@H]1CCCN(C2CCN(c3ccc4cccc(Cl)c4n3)CC2)C1. The number of nitrogens with zero attached hydrogens (tertiary/aromatic N) is 3. The molecule has 1 aromatic heterocycles. The Morgan fingerprint density at radius 3 is 2.67 bits per heavy atom. The molecule has 0 bridgehead atoms. The van der Waals surface area contributed by atoms with Gasteiger partial charge in [-0.05, 0) is 50.4 Å². The molecule has 4 rings (SSSR count). The Labute approximate surface area is 148 Å². The van der Waals surface area contributed by atoms with E-state index in [1.54, 1.807) is 0 Å². The maximum Gasteiger partial charge on any atom is 0.129 e. The van der Waals surface area contributed by atoms with Crippen LogP contribution >= 0.6 is 11.6 Å². The minimum Gasteiger partial charge on any atom is -0.392 e. The molecule has 2 aromatic rings. The van der Waals surface area contributed by atoms with Crippen LogP contribution in [0.2, 0.25) is 5.02 Å². The Bertz CT molecular complexity index is 715. The highest BCUT2D eigenvalue weighted by Crippen LogP contribution is 2.27. The summed E-state index contributed by atoms with van der Waals surface area (Å²) in [5.41, 5.74) is 0.887. The van der Waals surface area contributed by atoms with E-state index >= 15 is 0 Å². The van der Waals surface area contributed by atoms with E-state index in [4.69, 9.17) is 16.6 Å². The molecule has 2 aliphatic rings. The quantitative estimate of drug-likeness (QED) is 0.906. The highest BCUT2D eigenvalue weighted by molar-refractivity contribution is 6.35. The number of fused-ring (bicyclic) bond motifs is 1. The molecule has 3 heterocycles. The summed E-state index contributed by atoms with van der Waals surface area (Å²) < 4.78 is 0. The molecule has 1 aromatic carbocycles. The molecule has 2 saturated heterocycles. The Hall–Kier alpha value is -1.36. The number of benzene rings is 1. The monoisotopic (exact) mass is 345 g/mol. The van der Waals surface area contributed by atoms with Crippen LogP contribution in [0.25, 0.3) is 10.9 Å². The van der Waals surface area contributed by atoms with Crippen LogP contribution in [-0.2, 0) is 0 Å². The zero-order valence-electron chi connectivity index (χ0n) is 13.9. The molecule has 0 unspecified atom stereocenters. The number of para-hydroxylation sites is 1. The van der Waals surface area contributed by atoms with Crippen molar-refractivity contribution in [1.82, 2.24) is 9.88 Å². The number of aliphatic hydroxyl groups is 1. The first-order valence-electron chi connectivity index (χ1n) is 8.93. The second-order valence-electron chi connectivity index (χ2n) is 6.99. The molecule has 0 radical (unpaired) electrons. The molecular weight excluding hydrogens is 322 g/mol. The van der Waals surface area contributed by atoms with E-state index in [9.17, 15) is 5.11 Å². The predicted octanol–water partition coefficient (Wildman–Crippen LogP) is 3.31. The maximum absolute atomic E-state index is 9.89. The van der Waals surface area contributed by atoms with Gasteiger partial charge in [-0.3, -0.25) is 4.90 Å². The standard InChI is InChI=1S/C19H24ClN3O/c20-17-5-1-3-14-6-7-18(21-19(14)17)22-11-8-15(9-12-22)23-10-2-4-16(24)13-23/h1,3,5-7,15-16,24H,2,4,8-13H2/t16-/m0/s1. The van der Waals surface area contributed by atoms with Crippen molar-refractivity contribution in [3.05, 3.63) is 35.4 Å². The van der Waals surface area contributed by atoms with Gasteiger partial charge in [0, 0.05) is 31.1 Å². The molecule has 24 heavy (non-hydrogen) atoms. The van der Waals surface area contributed by atoms with Gasteiger partial charge in [0.25, 0.3) is 0 Å². The lowest BCUT2D eigenvalue weighted by Gasteiger charge is -2.41. The highest BCUT2D eigenvalue weighted by atomic mass is 35.5. The van der Waals surface area contributed by atoms with Crippen LogP contribution in [-0.4, -0.2) is 53.3 Å². The summed E-state index contributed by atoms with van der Waals surface area (Å²) in [7, 11) is 0. The normalized spacial score (nSPS) is 23.8. The van der Waals surface area contributed by atoms with Crippen molar-refractivity contribution in [3.63, 3.8) is 0 Å². The average molecular weight is 346 g/mol. The molecule has 2 fully saturated rings. The Morgan fingerprint density at radius 2 is 1.88 bits per heavy atom. The average Bonchev–Trinajstić information content (AvgIpc) is 2.62. The fourth-order valence-electron chi connectivity index (χ4n) is 4.05. The first-order chi connectivity index (χ1) is 11.7. The van der Waals surface area contributed by atoms with Crippen molar-refractivity contribution in [1.29, 1.82) is 0 Å². The molecule has 1 N–H and O–H groups in total. The molecule has 0 aliphatic carbocycles. The third kappa shape index (κ3) is 3.23. The van der Waals surface area contributed by atoms with Gasteiger partial charge in [0.05, 0.1) is 16.6 Å². The van der Waals surface area contributed by atoms with Gasteiger partial charge >= 0.3 is 0 Å². The van der Waals surface area contributed by atoms with Crippen LogP contribution in [0.15, 0.2) is 30.3 Å². The molecule has 0 amide bonds. The number of likely N-dealkylation sites (tertiary alicyclic amines) is 1. The first kappa shape index (κ1) is 16.1. The van der Waals surface area contributed by atoms with E-state index in [0.717, 1.165) is 68.6 Å². The van der Waals surface area contributed by atoms with Crippen LogP contribution in [0.1, 0.15) is 25.7 Å². The zero-order valence-corrected chi connectivity index (χ0v) is 14.6. The van der Waals surface area contributed by atoms with Gasteiger partial charge in [-0.2, -0.15) is 0 Å². The van der Waals surface area contributed by atoms with Crippen LogP contribution in [0.5, 0.6) is 0 Å². The lowest BCUT2D eigenvalue weighted by molar-refractivity contribution is 0.0398. The second-order valence-corrected chi connectivity index (χ2v) is 7.40. The summed E-state index contributed by atoms with van der Waals surface area (Å²) in [5, 5.41) is 11.7. The number of pyridine rings is 1. The fourth-order valence-corrected chi connectivity index (χ4v) is 4.28. The van der Waals surface area contributed by atoms with Crippen LogP contribution in [0.3, 0.4) is 0 Å². The van der Waals surface area contributed by atoms with Gasteiger partial charge in [0.15, 0.2) is 0 Å². The highest BCUT2D eigenvalue weighted by Gasteiger charge is 2.28. The number of halogens is 1. The summed E-state index contributed by atoms with van der Waals surface area (Å²) >= 11 is 6.29. The van der Waals surface area contributed by atoms with Gasteiger partial charge in [-0.25, -0.2) is 4.98 Å². The topological polar surface area (TPSA) is 39.6 Å². The van der Waals surface area contributed by atoms with E-state index in [1.165, 1.54) is 0 Å². The summed E-state index contributed by atoms with van der Waals surface area (Å²) in [5.74, 6) is 1.02. The van der Waals surface area contributed by atoms with Gasteiger partial charge in [0.1, 0.15) is 5.82 Å². The molecule has 128 valence electrons. The predicted molar refractivity (Wildman–Crippen MR) is 98.8 cm³/mol. The largest absolute Gasteiger partial charge is 0.392 e. The van der Waals surface area contributed by atoms with E-state index in [0.29, 0.717) is 11.1 Å². The number of rotatable bonds is 2. The van der Waals surface area contributed by atoms with E-state index in [-0.39, 0.29) is 6.10 Å². The Kier molecular flexibility index (Phi) is 4.61. The third-order valence-corrected chi connectivity index (χ3v) is 5.69. The molecule has 0 saturated carbocycles. The minimum absolute atomic E-state index is 0.138. The Balaban J connectivity index is 1.45. The molecular formula is C19H24ClN3O. The van der Waals surface area contributed by atoms with Gasteiger partial charge in [-0.15, -0.1) is 0 Å². The van der Waals surface area contributed by atoms with Crippen molar-refractivity contribution in [3.8, 4) is 0 Å². The molecule has 4 nitrogen and oxygen atoms in total. The lowest BCUT2D eigenvalue weighted by atomic mass is 9.99. The maximum atomic E-state index is 9.89. The van der Waals surface area contributed by atoms with Crippen molar-refractivity contribution in [2.24, 2.45) is 0 Å². The summed E-state index contributed by atoms with van der Waals surface area (Å²) in [6.45, 7) is 4.00. The zero-order chi connectivity index (χ0) is 16.5. The fraction of sp³-hybridized carbons (Fsp3) is 0.526. The lowest BCUT2D eigenvalue weighted by Crippen LogP contribution is -2.49. The minimum atomic E-state index is -0.138. The smallest absolute Gasteiger partial charge is 0.129 e. The van der Waals surface area contributed by atoms with Crippen molar-refractivity contribution < 1.29 is 5.11 Å². The number of piperidine rings is 2. The Morgan fingerprint density at radius 1 is 1.04 bits per heavy atom. The van der Waals surface area contributed by atoms with Gasteiger partial charge < -0.3 is 10.0 Å². The molecule has 1 atom stereocenters. The van der Waals surface area contributed by atoms with E-state index < -0.39 is 0 Å².